The Morgan fingerprint density at radius 3 is 2.88 bits per heavy atom. The van der Waals surface area contributed by atoms with Crippen LogP contribution in [-0.2, 0) is 4.74 Å². The van der Waals surface area contributed by atoms with Crippen molar-refractivity contribution in [1.29, 1.82) is 0 Å². The van der Waals surface area contributed by atoms with E-state index in [1.165, 1.54) is 5.56 Å². The minimum Gasteiger partial charge on any atom is -0.385 e. The van der Waals surface area contributed by atoms with Gasteiger partial charge in [-0.15, -0.1) is 0 Å². The van der Waals surface area contributed by atoms with E-state index in [9.17, 15) is 4.79 Å². The van der Waals surface area contributed by atoms with E-state index < -0.39 is 0 Å². The molecule has 1 saturated heterocycles. The lowest BCUT2D eigenvalue weighted by atomic mass is 10.0. The molecule has 1 aliphatic heterocycles. The second kappa shape index (κ2) is 9.31. The van der Waals surface area contributed by atoms with Crippen molar-refractivity contribution >= 4 is 11.7 Å². The van der Waals surface area contributed by atoms with Crippen LogP contribution in [0.5, 0.6) is 0 Å². The molecule has 138 valence electrons. The number of carbonyl (C=O) groups is 1. The summed E-state index contributed by atoms with van der Waals surface area (Å²) in [5.74, 6) is 0.811. The first-order chi connectivity index (χ1) is 12.8. The average Bonchev–Trinajstić information content (AvgIpc) is 2.72. The fraction of sp³-hybridized carbons (Fsp3) is 0.400. The SMILES string of the molecule is COCCCNC(=O)c1ccc(N2CCN[C@@H](c3ccccc3)C2)nc1. The van der Waals surface area contributed by atoms with E-state index >= 15 is 0 Å². The number of methoxy groups -OCH3 is 1. The molecule has 1 aliphatic rings. The van der Waals surface area contributed by atoms with Crippen LogP contribution in [0.1, 0.15) is 28.4 Å². The zero-order chi connectivity index (χ0) is 18.2. The van der Waals surface area contributed by atoms with Gasteiger partial charge >= 0.3 is 0 Å². The highest BCUT2D eigenvalue weighted by atomic mass is 16.5. The molecule has 6 heteroatoms. The summed E-state index contributed by atoms with van der Waals surface area (Å²) >= 11 is 0. The molecule has 0 spiro atoms. The largest absolute Gasteiger partial charge is 0.385 e. The normalized spacial score (nSPS) is 17.1. The van der Waals surface area contributed by atoms with E-state index in [0.717, 1.165) is 31.9 Å². The number of hydrogen-bond acceptors (Lipinski definition) is 5. The molecule has 3 rings (SSSR count). The summed E-state index contributed by atoms with van der Waals surface area (Å²) in [5, 5.41) is 6.43. The Labute approximate surface area is 154 Å². The molecule has 1 atom stereocenters. The smallest absolute Gasteiger partial charge is 0.252 e. The molecule has 6 nitrogen and oxygen atoms in total. The summed E-state index contributed by atoms with van der Waals surface area (Å²) in [6, 6.07) is 14.5. The Morgan fingerprint density at radius 1 is 1.31 bits per heavy atom. The highest BCUT2D eigenvalue weighted by Crippen LogP contribution is 2.21. The number of benzene rings is 1. The molecule has 0 saturated carbocycles. The first-order valence-corrected chi connectivity index (χ1v) is 9.04. The molecule has 0 radical (unpaired) electrons. The zero-order valence-electron chi connectivity index (χ0n) is 15.1. The number of carbonyl (C=O) groups excluding carboxylic acids is 1. The standard InChI is InChI=1S/C20H26N4O2/c1-26-13-5-10-22-20(25)17-8-9-19(23-14-17)24-12-11-21-18(15-24)16-6-3-2-4-7-16/h2-4,6-9,14,18,21H,5,10-13,15H2,1H3,(H,22,25)/t18-/m1/s1. The highest BCUT2D eigenvalue weighted by Gasteiger charge is 2.21. The molecule has 0 aliphatic carbocycles. The van der Waals surface area contributed by atoms with E-state index in [2.05, 4.69) is 44.8 Å². The topological polar surface area (TPSA) is 66.5 Å². The number of pyridine rings is 1. The Kier molecular flexibility index (Phi) is 6.57. The maximum absolute atomic E-state index is 12.1. The third-order valence-electron chi connectivity index (χ3n) is 4.52. The van der Waals surface area contributed by atoms with Crippen molar-refractivity contribution in [3.05, 3.63) is 59.8 Å². The lowest BCUT2D eigenvalue weighted by Gasteiger charge is -2.34. The molecular weight excluding hydrogens is 328 g/mol. The van der Waals surface area contributed by atoms with Gasteiger partial charge in [-0.05, 0) is 24.1 Å². The van der Waals surface area contributed by atoms with Crippen LogP contribution in [0.15, 0.2) is 48.7 Å². The summed E-state index contributed by atoms with van der Waals surface area (Å²) in [6.07, 6.45) is 2.45. The van der Waals surface area contributed by atoms with Crippen molar-refractivity contribution in [2.24, 2.45) is 0 Å². The Morgan fingerprint density at radius 2 is 2.15 bits per heavy atom. The van der Waals surface area contributed by atoms with Gasteiger partial charge in [0.15, 0.2) is 0 Å². The maximum Gasteiger partial charge on any atom is 0.252 e. The van der Waals surface area contributed by atoms with Gasteiger partial charge in [-0.25, -0.2) is 4.98 Å². The van der Waals surface area contributed by atoms with Crippen molar-refractivity contribution in [3.8, 4) is 0 Å². The lowest BCUT2D eigenvalue weighted by molar-refractivity contribution is 0.0948. The van der Waals surface area contributed by atoms with Gasteiger partial charge in [0.05, 0.1) is 5.56 Å². The molecule has 1 aromatic heterocycles. The van der Waals surface area contributed by atoms with Gasteiger partial charge in [-0.2, -0.15) is 0 Å². The van der Waals surface area contributed by atoms with Crippen molar-refractivity contribution in [2.45, 2.75) is 12.5 Å². The van der Waals surface area contributed by atoms with Crippen LogP contribution >= 0.6 is 0 Å². The first-order valence-electron chi connectivity index (χ1n) is 9.04. The van der Waals surface area contributed by atoms with Crippen LogP contribution in [0.25, 0.3) is 0 Å². The molecule has 1 aromatic carbocycles. The molecule has 26 heavy (non-hydrogen) atoms. The minimum atomic E-state index is -0.0948. The minimum absolute atomic E-state index is 0.0948. The van der Waals surface area contributed by atoms with Crippen LogP contribution in [0.4, 0.5) is 5.82 Å². The Bertz CT molecular complexity index is 691. The lowest BCUT2D eigenvalue weighted by Crippen LogP contribution is -2.46. The van der Waals surface area contributed by atoms with E-state index in [1.54, 1.807) is 13.3 Å². The van der Waals surface area contributed by atoms with E-state index in [-0.39, 0.29) is 11.9 Å². The Balaban J connectivity index is 1.58. The average molecular weight is 354 g/mol. The third kappa shape index (κ3) is 4.80. The molecule has 1 fully saturated rings. The number of anilines is 1. The van der Waals surface area contributed by atoms with Crippen molar-refractivity contribution in [1.82, 2.24) is 15.6 Å². The maximum atomic E-state index is 12.1. The predicted octanol–water partition coefficient (Wildman–Crippen LogP) is 2.00. The quantitative estimate of drug-likeness (QED) is 0.745. The second-order valence-electron chi connectivity index (χ2n) is 6.37. The summed E-state index contributed by atoms with van der Waals surface area (Å²) in [7, 11) is 1.66. The zero-order valence-corrected chi connectivity index (χ0v) is 15.1. The molecule has 0 bridgehead atoms. The van der Waals surface area contributed by atoms with Crippen LogP contribution in [0.2, 0.25) is 0 Å². The van der Waals surface area contributed by atoms with Crippen molar-refractivity contribution < 1.29 is 9.53 Å². The number of piperazine rings is 1. The molecule has 2 N–H and O–H groups in total. The molecular formula is C20H26N4O2. The van der Waals surface area contributed by atoms with Gasteiger partial charge < -0.3 is 20.3 Å². The van der Waals surface area contributed by atoms with E-state index in [1.807, 2.05) is 18.2 Å². The first kappa shape index (κ1) is 18.4. The fourth-order valence-corrected chi connectivity index (χ4v) is 3.09. The van der Waals surface area contributed by atoms with Gasteiger partial charge in [0.1, 0.15) is 5.82 Å². The number of amides is 1. The third-order valence-corrected chi connectivity index (χ3v) is 4.52. The number of aromatic nitrogens is 1. The highest BCUT2D eigenvalue weighted by molar-refractivity contribution is 5.94. The predicted molar refractivity (Wildman–Crippen MR) is 102 cm³/mol. The molecule has 1 amide bonds. The molecule has 0 unspecified atom stereocenters. The van der Waals surface area contributed by atoms with Crippen LogP contribution < -0.4 is 15.5 Å². The summed E-state index contributed by atoms with van der Waals surface area (Å²) in [6.45, 7) is 3.91. The second-order valence-corrected chi connectivity index (χ2v) is 6.37. The van der Waals surface area contributed by atoms with Gasteiger partial charge in [0, 0.05) is 52.1 Å². The van der Waals surface area contributed by atoms with Gasteiger partial charge in [-0.3, -0.25) is 4.79 Å². The van der Waals surface area contributed by atoms with Gasteiger partial charge in [0.25, 0.3) is 5.91 Å². The number of nitrogens with zero attached hydrogens (tertiary/aromatic N) is 2. The van der Waals surface area contributed by atoms with Crippen LogP contribution in [0.3, 0.4) is 0 Å². The van der Waals surface area contributed by atoms with Crippen molar-refractivity contribution in [3.63, 3.8) is 0 Å². The van der Waals surface area contributed by atoms with Gasteiger partial charge in [-0.1, -0.05) is 30.3 Å². The monoisotopic (exact) mass is 354 g/mol. The molecule has 2 aromatic rings. The summed E-state index contributed by atoms with van der Waals surface area (Å²) in [4.78, 5) is 18.9. The number of nitrogens with one attached hydrogen (secondary N) is 2. The number of ether oxygens (including phenoxy) is 1. The van der Waals surface area contributed by atoms with E-state index in [4.69, 9.17) is 4.74 Å². The van der Waals surface area contributed by atoms with Crippen LogP contribution in [-0.4, -0.2) is 50.8 Å². The number of rotatable bonds is 7. The summed E-state index contributed by atoms with van der Waals surface area (Å²) in [5.41, 5.74) is 1.87. The number of hydrogen-bond donors (Lipinski definition) is 2. The van der Waals surface area contributed by atoms with Crippen molar-refractivity contribution in [2.75, 3.05) is 44.8 Å². The summed E-state index contributed by atoms with van der Waals surface area (Å²) < 4.78 is 4.98. The van der Waals surface area contributed by atoms with Gasteiger partial charge in [0.2, 0.25) is 0 Å². The van der Waals surface area contributed by atoms with Crippen LogP contribution in [0, 0.1) is 0 Å². The van der Waals surface area contributed by atoms with E-state index in [0.29, 0.717) is 18.7 Å². The Hall–Kier alpha value is -2.44. The molecule has 2 heterocycles. The fourth-order valence-electron chi connectivity index (χ4n) is 3.09.